The maximum atomic E-state index is 11.7. The molecule has 1 atom stereocenters. The number of aromatic nitrogens is 1. The van der Waals surface area contributed by atoms with Gasteiger partial charge in [0.15, 0.2) is 0 Å². The topological polar surface area (TPSA) is 76.6 Å². The van der Waals surface area contributed by atoms with Gasteiger partial charge < -0.3 is 4.84 Å². The van der Waals surface area contributed by atoms with Crippen LogP contribution in [0.4, 0.5) is 0 Å². The first kappa shape index (κ1) is 15.5. The van der Waals surface area contributed by atoms with E-state index >= 15 is 0 Å². The number of rotatable bonds is 6. The molecule has 7 heteroatoms. The molecule has 0 radical (unpaired) electrons. The lowest BCUT2D eigenvalue weighted by molar-refractivity contribution is -0.197. The van der Waals surface area contributed by atoms with Crippen molar-refractivity contribution < 1.29 is 19.2 Å². The lowest BCUT2D eigenvalue weighted by Crippen LogP contribution is -2.32. The normalized spacial score (nSPS) is 16.1. The minimum absolute atomic E-state index is 0.109. The second-order valence-electron chi connectivity index (χ2n) is 4.68. The van der Waals surface area contributed by atoms with Crippen molar-refractivity contribution in [2.75, 3.05) is 0 Å². The highest BCUT2D eigenvalue weighted by Gasteiger charge is 2.32. The third-order valence-electron chi connectivity index (χ3n) is 2.91. The van der Waals surface area contributed by atoms with Gasteiger partial charge in [0.2, 0.25) is 0 Å². The van der Waals surface area contributed by atoms with Gasteiger partial charge in [-0.3, -0.25) is 9.59 Å². The number of hydroxylamine groups is 2. The van der Waals surface area contributed by atoms with Gasteiger partial charge in [0.1, 0.15) is 0 Å². The summed E-state index contributed by atoms with van der Waals surface area (Å²) in [6.07, 6.45) is 2.67. The quantitative estimate of drug-likeness (QED) is 0.590. The van der Waals surface area contributed by atoms with E-state index in [2.05, 4.69) is 4.98 Å². The molecule has 1 aromatic rings. The van der Waals surface area contributed by atoms with E-state index in [-0.39, 0.29) is 24.5 Å². The van der Waals surface area contributed by atoms with Crippen LogP contribution in [0.2, 0.25) is 0 Å². The Kier molecular flexibility index (Phi) is 5.32. The summed E-state index contributed by atoms with van der Waals surface area (Å²) in [5.74, 6) is -1.47. The highest BCUT2D eigenvalue weighted by molar-refractivity contribution is 7.99. The lowest BCUT2D eigenvalue weighted by atomic mass is 10.2. The zero-order chi connectivity index (χ0) is 15.2. The van der Waals surface area contributed by atoms with Crippen LogP contribution in [0.1, 0.15) is 32.6 Å². The molecular formula is C14H16N2O4S. The maximum absolute atomic E-state index is 11.7. The smallest absolute Gasteiger partial charge is 0.330 e. The summed E-state index contributed by atoms with van der Waals surface area (Å²) in [4.78, 5) is 43.3. The Balaban J connectivity index is 1.73. The minimum atomic E-state index is -0.563. The van der Waals surface area contributed by atoms with E-state index in [1.54, 1.807) is 18.0 Å². The Morgan fingerprint density at radius 2 is 2.10 bits per heavy atom. The molecule has 1 aliphatic heterocycles. The van der Waals surface area contributed by atoms with Gasteiger partial charge in [-0.05, 0) is 18.6 Å². The number of hydrogen-bond donors (Lipinski definition) is 0. The zero-order valence-electron chi connectivity index (χ0n) is 11.7. The molecule has 0 N–H and O–H groups in total. The highest BCUT2D eigenvalue weighted by atomic mass is 32.2. The van der Waals surface area contributed by atoms with Crippen molar-refractivity contribution in [3.05, 3.63) is 24.4 Å². The van der Waals surface area contributed by atoms with Crippen LogP contribution in [-0.2, 0) is 19.2 Å². The number of pyridine rings is 1. The molecule has 0 bridgehead atoms. The highest BCUT2D eigenvalue weighted by Crippen LogP contribution is 2.24. The Morgan fingerprint density at radius 3 is 2.71 bits per heavy atom. The predicted molar refractivity (Wildman–Crippen MR) is 76.0 cm³/mol. The molecule has 1 saturated heterocycles. The van der Waals surface area contributed by atoms with Gasteiger partial charge in [-0.25, -0.2) is 9.78 Å². The molecule has 112 valence electrons. The molecule has 6 nitrogen and oxygen atoms in total. The Bertz CT molecular complexity index is 519. The van der Waals surface area contributed by atoms with Crippen molar-refractivity contribution in [2.45, 2.75) is 42.9 Å². The molecule has 2 heterocycles. The Morgan fingerprint density at radius 1 is 1.38 bits per heavy atom. The third kappa shape index (κ3) is 4.56. The molecule has 0 aliphatic carbocycles. The first-order valence-electron chi connectivity index (χ1n) is 6.70. The van der Waals surface area contributed by atoms with Gasteiger partial charge in [-0.2, -0.15) is 0 Å². The summed E-state index contributed by atoms with van der Waals surface area (Å²) < 4.78 is 0. The van der Waals surface area contributed by atoms with Gasteiger partial charge in [0.25, 0.3) is 11.8 Å². The van der Waals surface area contributed by atoms with Gasteiger partial charge in [0.05, 0.1) is 5.03 Å². The predicted octanol–water partition coefficient (Wildman–Crippen LogP) is 1.95. The summed E-state index contributed by atoms with van der Waals surface area (Å²) in [5, 5.41) is 1.65. The summed E-state index contributed by atoms with van der Waals surface area (Å²) in [5.41, 5.74) is 0. The number of thioether (sulfide) groups is 1. The molecule has 2 amide bonds. The van der Waals surface area contributed by atoms with Crippen LogP contribution in [-0.4, -0.2) is 33.1 Å². The molecular weight excluding hydrogens is 292 g/mol. The van der Waals surface area contributed by atoms with E-state index < -0.39 is 17.8 Å². The van der Waals surface area contributed by atoms with Gasteiger partial charge >= 0.3 is 5.97 Å². The second-order valence-corrected chi connectivity index (χ2v) is 6.14. The average Bonchev–Trinajstić information content (AvgIpc) is 2.78. The molecule has 21 heavy (non-hydrogen) atoms. The van der Waals surface area contributed by atoms with Crippen molar-refractivity contribution in [3.8, 4) is 0 Å². The number of nitrogens with zero attached hydrogens (tertiary/aromatic N) is 2. The van der Waals surface area contributed by atoms with Crippen LogP contribution in [0, 0.1) is 0 Å². The third-order valence-corrected chi connectivity index (χ3v) is 4.03. The zero-order valence-corrected chi connectivity index (χ0v) is 12.5. The van der Waals surface area contributed by atoms with Crippen molar-refractivity contribution >= 4 is 29.5 Å². The second kappa shape index (κ2) is 7.21. The Labute approximate surface area is 126 Å². The summed E-state index contributed by atoms with van der Waals surface area (Å²) in [6.45, 7) is 1.98. The molecule has 0 spiro atoms. The van der Waals surface area contributed by atoms with Crippen LogP contribution in [0.3, 0.4) is 0 Å². The van der Waals surface area contributed by atoms with Crippen LogP contribution in [0.15, 0.2) is 29.4 Å². The first-order chi connectivity index (χ1) is 10.1. The molecule has 0 aromatic carbocycles. The van der Waals surface area contributed by atoms with Crippen molar-refractivity contribution in [2.24, 2.45) is 0 Å². The molecule has 1 aliphatic rings. The van der Waals surface area contributed by atoms with Crippen LogP contribution in [0.5, 0.6) is 0 Å². The standard InChI is InChI=1S/C14H16N2O4S/c1-10(21-11-4-2-3-9-15-11)5-8-14(19)20-16-12(17)6-7-13(16)18/h2-4,9-10H,5-8H2,1H3/t10-/m1/s1. The largest absolute Gasteiger partial charge is 0.333 e. The number of hydrogen-bond acceptors (Lipinski definition) is 6. The van der Waals surface area contributed by atoms with Crippen molar-refractivity contribution in [1.82, 2.24) is 10.0 Å². The van der Waals surface area contributed by atoms with E-state index in [0.29, 0.717) is 11.5 Å². The summed E-state index contributed by atoms with van der Waals surface area (Å²) >= 11 is 1.56. The molecule has 2 rings (SSSR count). The summed E-state index contributed by atoms with van der Waals surface area (Å²) in [7, 11) is 0. The average molecular weight is 308 g/mol. The van der Waals surface area contributed by atoms with E-state index in [4.69, 9.17) is 4.84 Å². The fourth-order valence-corrected chi connectivity index (χ4v) is 2.74. The minimum Gasteiger partial charge on any atom is -0.330 e. The maximum Gasteiger partial charge on any atom is 0.333 e. The molecule has 0 saturated carbocycles. The van der Waals surface area contributed by atoms with E-state index in [9.17, 15) is 14.4 Å². The molecule has 1 aromatic heterocycles. The lowest BCUT2D eigenvalue weighted by Gasteiger charge is -2.14. The number of amides is 2. The van der Waals surface area contributed by atoms with Crippen LogP contribution < -0.4 is 0 Å². The molecule has 1 fully saturated rings. The van der Waals surface area contributed by atoms with Crippen LogP contribution >= 0.6 is 11.8 Å². The fraction of sp³-hybridized carbons (Fsp3) is 0.429. The SMILES string of the molecule is C[C@H](CCC(=O)ON1C(=O)CCC1=O)Sc1ccccn1. The van der Waals surface area contributed by atoms with Gasteiger partial charge in [0, 0.05) is 30.7 Å². The van der Waals surface area contributed by atoms with Gasteiger partial charge in [-0.1, -0.05) is 13.0 Å². The van der Waals surface area contributed by atoms with Gasteiger partial charge in [-0.15, -0.1) is 16.8 Å². The number of carbonyl (C=O) groups excluding carboxylic acids is 3. The summed E-state index contributed by atoms with van der Waals surface area (Å²) in [6, 6.07) is 5.65. The van der Waals surface area contributed by atoms with E-state index in [0.717, 1.165) is 5.03 Å². The van der Waals surface area contributed by atoms with E-state index in [1.807, 2.05) is 25.1 Å². The van der Waals surface area contributed by atoms with Crippen LogP contribution in [0.25, 0.3) is 0 Å². The monoisotopic (exact) mass is 308 g/mol. The van der Waals surface area contributed by atoms with Crippen molar-refractivity contribution in [3.63, 3.8) is 0 Å². The first-order valence-corrected chi connectivity index (χ1v) is 7.58. The Hall–Kier alpha value is -1.89. The number of carbonyl (C=O) groups is 3. The van der Waals surface area contributed by atoms with E-state index in [1.165, 1.54) is 0 Å². The fourth-order valence-electron chi connectivity index (χ4n) is 1.81. The molecule has 0 unspecified atom stereocenters. The number of imide groups is 1. The van der Waals surface area contributed by atoms with Crippen molar-refractivity contribution in [1.29, 1.82) is 0 Å².